The van der Waals surface area contributed by atoms with Crippen LogP contribution < -0.4 is 4.74 Å². The van der Waals surface area contributed by atoms with Crippen LogP contribution in [0, 0.1) is 0 Å². The summed E-state index contributed by atoms with van der Waals surface area (Å²) in [5, 5.41) is 9.41. The van der Waals surface area contributed by atoms with E-state index in [1.165, 1.54) is 43.5 Å². The SMILES string of the molecule is COc1cc(O)ccc1C(=O)c1cccc(S(=O)(=O)OC=O)c1. The van der Waals surface area contributed by atoms with E-state index in [2.05, 4.69) is 4.18 Å². The van der Waals surface area contributed by atoms with Crippen molar-refractivity contribution in [2.45, 2.75) is 4.90 Å². The first-order chi connectivity index (χ1) is 10.9. The number of carbonyl (C=O) groups is 2. The normalized spacial score (nSPS) is 10.8. The molecule has 2 aromatic carbocycles. The maximum atomic E-state index is 12.5. The predicted octanol–water partition coefficient (Wildman–Crippen LogP) is 1.49. The highest BCUT2D eigenvalue weighted by Crippen LogP contribution is 2.26. The molecule has 0 heterocycles. The maximum absolute atomic E-state index is 12.5. The van der Waals surface area contributed by atoms with Gasteiger partial charge in [-0.15, -0.1) is 0 Å². The smallest absolute Gasteiger partial charge is 0.341 e. The minimum Gasteiger partial charge on any atom is -0.508 e. The Balaban J connectivity index is 2.47. The van der Waals surface area contributed by atoms with E-state index in [4.69, 9.17) is 4.74 Å². The third-order valence-electron chi connectivity index (χ3n) is 2.98. The van der Waals surface area contributed by atoms with E-state index in [0.29, 0.717) is 0 Å². The van der Waals surface area contributed by atoms with E-state index in [-0.39, 0.29) is 34.0 Å². The fourth-order valence-electron chi connectivity index (χ4n) is 1.92. The average molecular weight is 336 g/mol. The van der Waals surface area contributed by atoms with Gasteiger partial charge in [-0.3, -0.25) is 9.59 Å². The summed E-state index contributed by atoms with van der Waals surface area (Å²) in [4.78, 5) is 22.4. The number of methoxy groups -OCH3 is 1. The van der Waals surface area contributed by atoms with Gasteiger partial charge in [0, 0.05) is 11.6 Å². The summed E-state index contributed by atoms with van der Waals surface area (Å²) >= 11 is 0. The highest BCUT2D eigenvalue weighted by atomic mass is 32.2. The third-order valence-corrected chi connectivity index (χ3v) is 4.14. The molecule has 0 saturated carbocycles. The largest absolute Gasteiger partial charge is 0.508 e. The summed E-state index contributed by atoms with van der Waals surface area (Å²) in [6, 6.07) is 8.99. The molecule has 0 radical (unpaired) electrons. The van der Waals surface area contributed by atoms with Gasteiger partial charge in [0.25, 0.3) is 0 Å². The van der Waals surface area contributed by atoms with Gasteiger partial charge < -0.3 is 14.0 Å². The van der Waals surface area contributed by atoms with Crippen LogP contribution in [-0.2, 0) is 19.1 Å². The van der Waals surface area contributed by atoms with Crippen LogP contribution in [0.2, 0.25) is 0 Å². The van der Waals surface area contributed by atoms with Crippen molar-refractivity contribution in [2.24, 2.45) is 0 Å². The van der Waals surface area contributed by atoms with Crippen molar-refractivity contribution in [1.29, 1.82) is 0 Å². The van der Waals surface area contributed by atoms with Crippen LogP contribution in [0.1, 0.15) is 15.9 Å². The first-order valence-electron chi connectivity index (χ1n) is 6.28. The van der Waals surface area contributed by atoms with Gasteiger partial charge in [0.2, 0.25) is 0 Å². The number of aromatic hydroxyl groups is 1. The van der Waals surface area contributed by atoms with Crippen molar-refractivity contribution in [1.82, 2.24) is 0 Å². The number of hydrogen-bond acceptors (Lipinski definition) is 7. The van der Waals surface area contributed by atoms with Crippen molar-refractivity contribution in [3.63, 3.8) is 0 Å². The van der Waals surface area contributed by atoms with Crippen molar-refractivity contribution in [2.75, 3.05) is 7.11 Å². The summed E-state index contributed by atoms with van der Waals surface area (Å²) in [6.45, 7) is -0.202. The maximum Gasteiger partial charge on any atom is 0.341 e. The average Bonchev–Trinajstić information content (AvgIpc) is 2.54. The number of carbonyl (C=O) groups excluding carboxylic acids is 2. The lowest BCUT2D eigenvalue weighted by Gasteiger charge is -2.09. The summed E-state index contributed by atoms with van der Waals surface area (Å²) in [6.07, 6.45) is 0. The number of ketones is 1. The molecule has 8 heteroatoms. The zero-order chi connectivity index (χ0) is 17.0. The summed E-state index contributed by atoms with van der Waals surface area (Å²) in [5.41, 5.74) is 0.209. The molecule has 7 nitrogen and oxygen atoms in total. The lowest BCUT2D eigenvalue weighted by atomic mass is 10.0. The van der Waals surface area contributed by atoms with Crippen molar-refractivity contribution >= 4 is 22.4 Å². The second-order valence-corrected chi connectivity index (χ2v) is 5.96. The van der Waals surface area contributed by atoms with E-state index in [1.54, 1.807) is 0 Å². The molecule has 120 valence electrons. The second-order valence-electron chi connectivity index (χ2n) is 4.39. The minimum absolute atomic E-state index is 0.0598. The number of rotatable bonds is 6. The van der Waals surface area contributed by atoms with Crippen LogP contribution >= 0.6 is 0 Å². The number of ether oxygens (including phenoxy) is 1. The Kier molecular flexibility index (Phi) is 4.65. The van der Waals surface area contributed by atoms with Crippen LogP contribution in [0.25, 0.3) is 0 Å². The topological polar surface area (TPSA) is 107 Å². The molecule has 0 bridgehead atoms. The minimum atomic E-state index is -4.26. The molecule has 0 aliphatic carbocycles. The van der Waals surface area contributed by atoms with Crippen LogP contribution in [0.5, 0.6) is 11.5 Å². The van der Waals surface area contributed by atoms with E-state index in [1.807, 2.05) is 0 Å². The van der Waals surface area contributed by atoms with E-state index < -0.39 is 15.9 Å². The Bertz CT molecular complexity index is 856. The Morgan fingerprint density at radius 3 is 2.57 bits per heavy atom. The lowest BCUT2D eigenvalue weighted by molar-refractivity contribution is -0.120. The summed E-state index contributed by atoms with van der Waals surface area (Å²) < 4.78 is 32.5. The van der Waals surface area contributed by atoms with Gasteiger partial charge in [-0.2, -0.15) is 8.42 Å². The molecular formula is C15H12O7S. The Hall–Kier alpha value is -2.87. The number of phenolic OH excluding ortho intramolecular Hbond substituents is 1. The van der Waals surface area contributed by atoms with E-state index in [9.17, 15) is 23.1 Å². The van der Waals surface area contributed by atoms with Gasteiger partial charge in [0.1, 0.15) is 16.4 Å². The Morgan fingerprint density at radius 2 is 1.91 bits per heavy atom. The van der Waals surface area contributed by atoms with Gasteiger partial charge in [-0.1, -0.05) is 12.1 Å². The van der Waals surface area contributed by atoms with E-state index in [0.717, 1.165) is 6.07 Å². The predicted molar refractivity (Wildman–Crippen MR) is 78.9 cm³/mol. The van der Waals surface area contributed by atoms with Crippen LogP contribution in [0.15, 0.2) is 47.4 Å². The molecule has 0 aromatic heterocycles. The highest BCUT2D eigenvalue weighted by Gasteiger charge is 2.20. The Labute approximate surface area is 132 Å². The quantitative estimate of drug-likeness (QED) is 0.484. The first-order valence-corrected chi connectivity index (χ1v) is 7.68. The van der Waals surface area contributed by atoms with Gasteiger partial charge in [0.15, 0.2) is 5.78 Å². The van der Waals surface area contributed by atoms with Crippen molar-refractivity contribution in [3.05, 3.63) is 53.6 Å². The van der Waals surface area contributed by atoms with Gasteiger partial charge >= 0.3 is 16.6 Å². The monoisotopic (exact) mass is 336 g/mol. The zero-order valence-corrected chi connectivity index (χ0v) is 12.7. The number of hydrogen-bond donors (Lipinski definition) is 1. The molecular weight excluding hydrogens is 324 g/mol. The highest BCUT2D eigenvalue weighted by molar-refractivity contribution is 7.87. The standard InChI is InChI=1S/C15H12O7S/c1-21-14-8-11(17)5-6-13(14)15(18)10-3-2-4-12(7-10)23(19,20)22-9-16/h2-9,17H,1H3. The molecule has 0 fully saturated rings. The van der Waals surface area contributed by atoms with Crippen molar-refractivity contribution in [3.8, 4) is 11.5 Å². The summed E-state index contributed by atoms with van der Waals surface area (Å²) in [5.74, 6) is -0.438. The van der Waals surface area contributed by atoms with E-state index >= 15 is 0 Å². The molecule has 23 heavy (non-hydrogen) atoms. The molecule has 0 aliphatic rings. The van der Waals surface area contributed by atoms with Gasteiger partial charge in [0.05, 0.1) is 12.7 Å². The lowest BCUT2D eigenvalue weighted by Crippen LogP contribution is -2.08. The third kappa shape index (κ3) is 3.49. The molecule has 0 amide bonds. The molecule has 0 spiro atoms. The first kappa shape index (κ1) is 16.5. The Morgan fingerprint density at radius 1 is 1.17 bits per heavy atom. The van der Waals surface area contributed by atoms with Crippen LogP contribution in [0.3, 0.4) is 0 Å². The molecule has 0 aliphatic heterocycles. The molecule has 1 N–H and O–H groups in total. The molecule has 2 rings (SSSR count). The summed E-state index contributed by atoms with van der Waals surface area (Å²) in [7, 11) is -2.92. The fourth-order valence-corrected chi connectivity index (χ4v) is 2.65. The van der Waals surface area contributed by atoms with Crippen molar-refractivity contribution < 1.29 is 32.0 Å². The number of benzene rings is 2. The fraction of sp³-hybridized carbons (Fsp3) is 0.0667. The molecule has 0 unspecified atom stereocenters. The van der Waals surface area contributed by atoms with Crippen LogP contribution in [0.4, 0.5) is 0 Å². The van der Waals surface area contributed by atoms with Crippen LogP contribution in [-0.4, -0.2) is 32.9 Å². The second kappa shape index (κ2) is 6.49. The zero-order valence-electron chi connectivity index (χ0n) is 11.9. The van der Waals surface area contributed by atoms with Gasteiger partial charge in [-0.25, -0.2) is 0 Å². The van der Waals surface area contributed by atoms with Gasteiger partial charge in [-0.05, 0) is 24.3 Å². The molecule has 0 saturated heterocycles. The molecule has 2 aromatic rings. The molecule has 0 atom stereocenters. The number of phenols is 1.